The minimum absolute atomic E-state index is 0.274. The molecule has 0 unspecified atom stereocenters. The molecule has 0 aliphatic carbocycles. The topological polar surface area (TPSA) is 78.1 Å². The maximum atomic E-state index is 12.8. The summed E-state index contributed by atoms with van der Waals surface area (Å²) < 4.78 is 28.7. The quantitative estimate of drug-likeness (QED) is 0.406. The van der Waals surface area contributed by atoms with Gasteiger partial charge in [0, 0.05) is 18.3 Å². The number of nitrogens with one attached hydrogen (secondary N) is 1. The van der Waals surface area contributed by atoms with Crippen LogP contribution in [0.25, 0.3) is 0 Å². The number of methoxy groups -OCH3 is 2. The molecule has 2 rings (SSSR count). The molecule has 0 amide bonds. The summed E-state index contributed by atoms with van der Waals surface area (Å²) in [6.45, 7) is 1.13. The number of unbranched alkanes of at least 4 members (excludes halogenated alkanes) is 1. The van der Waals surface area contributed by atoms with E-state index in [1.54, 1.807) is 38.5 Å². The molecular weight excluding hydrogens is 337 g/mol. The molecule has 0 spiro atoms. The minimum atomic E-state index is -0.274. The zero-order valence-electron chi connectivity index (χ0n) is 15.0. The third-order valence-electron chi connectivity index (χ3n) is 3.57. The van der Waals surface area contributed by atoms with E-state index in [0.717, 1.165) is 18.5 Å². The lowest BCUT2D eigenvalue weighted by Gasteiger charge is -2.11. The minimum Gasteiger partial charge on any atom is -0.494 e. The Morgan fingerprint density at radius 1 is 1.04 bits per heavy atom. The van der Waals surface area contributed by atoms with Crippen LogP contribution in [0.15, 0.2) is 47.5 Å². The Hall–Kier alpha value is -2.96. The van der Waals surface area contributed by atoms with Crippen molar-refractivity contribution in [1.29, 1.82) is 0 Å². The predicted octanol–water partition coefficient (Wildman–Crippen LogP) is 3.43. The fourth-order valence-corrected chi connectivity index (χ4v) is 2.24. The maximum Gasteiger partial charge on any atom is 0.193 e. The maximum absolute atomic E-state index is 12.8. The summed E-state index contributed by atoms with van der Waals surface area (Å²) in [6.07, 6.45) is 1.65. The van der Waals surface area contributed by atoms with Crippen molar-refractivity contribution in [2.75, 3.05) is 32.7 Å². The summed E-state index contributed by atoms with van der Waals surface area (Å²) in [5.74, 6) is 1.98. The monoisotopic (exact) mass is 361 g/mol. The molecule has 26 heavy (non-hydrogen) atoms. The first-order valence-electron chi connectivity index (χ1n) is 8.29. The molecule has 7 heteroatoms. The molecule has 0 aliphatic heterocycles. The van der Waals surface area contributed by atoms with Crippen LogP contribution in [0.1, 0.15) is 12.8 Å². The van der Waals surface area contributed by atoms with Gasteiger partial charge in [-0.3, -0.25) is 4.99 Å². The second kappa shape index (κ2) is 10.1. The molecule has 3 N–H and O–H groups in total. The Kier molecular flexibility index (Phi) is 7.54. The fourth-order valence-electron chi connectivity index (χ4n) is 2.24. The normalized spacial score (nSPS) is 11.1. The summed E-state index contributed by atoms with van der Waals surface area (Å²) in [6, 6.07) is 11.4. The first kappa shape index (κ1) is 19.4. The van der Waals surface area contributed by atoms with Crippen molar-refractivity contribution < 1.29 is 18.6 Å². The number of halogens is 1. The Labute approximate surface area is 152 Å². The molecule has 0 saturated heterocycles. The lowest BCUT2D eigenvalue weighted by molar-refractivity contribution is 0.307. The van der Waals surface area contributed by atoms with E-state index >= 15 is 0 Å². The van der Waals surface area contributed by atoms with Gasteiger partial charge in [-0.15, -0.1) is 0 Å². The van der Waals surface area contributed by atoms with Crippen molar-refractivity contribution in [3.63, 3.8) is 0 Å². The Bertz CT molecular complexity index is 720. The molecule has 2 aromatic rings. The number of anilines is 1. The smallest absolute Gasteiger partial charge is 0.193 e. The molecule has 140 valence electrons. The van der Waals surface area contributed by atoms with E-state index in [2.05, 4.69) is 10.3 Å². The number of benzene rings is 2. The number of rotatable bonds is 9. The Balaban J connectivity index is 1.70. The van der Waals surface area contributed by atoms with Gasteiger partial charge in [-0.05, 0) is 49.2 Å². The highest BCUT2D eigenvalue weighted by molar-refractivity contribution is 5.92. The molecule has 2 aromatic carbocycles. The molecule has 0 fully saturated rings. The molecule has 0 aromatic heterocycles. The number of hydrogen-bond donors (Lipinski definition) is 2. The molecule has 0 saturated carbocycles. The van der Waals surface area contributed by atoms with Crippen LogP contribution in [0.3, 0.4) is 0 Å². The summed E-state index contributed by atoms with van der Waals surface area (Å²) in [5, 5.41) is 3.02. The van der Waals surface area contributed by atoms with Crippen molar-refractivity contribution in [1.82, 2.24) is 0 Å². The largest absolute Gasteiger partial charge is 0.494 e. The second-order valence-corrected chi connectivity index (χ2v) is 5.47. The van der Waals surface area contributed by atoms with Gasteiger partial charge in [-0.25, -0.2) is 4.39 Å². The summed E-state index contributed by atoms with van der Waals surface area (Å²) in [7, 11) is 3.16. The number of hydrogen-bond acceptors (Lipinski definition) is 4. The third-order valence-corrected chi connectivity index (χ3v) is 3.57. The van der Waals surface area contributed by atoms with Crippen LogP contribution in [0.5, 0.6) is 17.2 Å². The SMILES string of the molecule is COc1ccc(NC(N)=NCCCCOc2ccc(F)cc2)cc1OC. The number of aliphatic imine (C=N–C) groups is 1. The van der Waals surface area contributed by atoms with Crippen LogP contribution >= 0.6 is 0 Å². The number of ether oxygens (including phenoxy) is 3. The van der Waals surface area contributed by atoms with Crippen molar-refractivity contribution in [2.24, 2.45) is 10.7 Å². The lowest BCUT2D eigenvalue weighted by Crippen LogP contribution is -2.22. The van der Waals surface area contributed by atoms with E-state index in [1.165, 1.54) is 12.1 Å². The van der Waals surface area contributed by atoms with E-state index in [4.69, 9.17) is 19.9 Å². The number of nitrogens with two attached hydrogens (primary N) is 1. The molecule has 6 nitrogen and oxygen atoms in total. The third kappa shape index (κ3) is 6.16. The Morgan fingerprint density at radius 2 is 1.77 bits per heavy atom. The zero-order valence-corrected chi connectivity index (χ0v) is 15.0. The molecule has 0 radical (unpaired) electrons. The van der Waals surface area contributed by atoms with E-state index < -0.39 is 0 Å². The van der Waals surface area contributed by atoms with Crippen LogP contribution < -0.4 is 25.3 Å². The summed E-state index contributed by atoms with van der Waals surface area (Å²) >= 11 is 0. The highest BCUT2D eigenvalue weighted by atomic mass is 19.1. The van der Waals surface area contributed by atoms with Gasteiger partial charge in [0.1, 0.15) is 11.6 Å². The first-order chi connectivity index (χ1) is 12.6. The predicted molar refractivity (Wildman–Crippen MR) is 101 cm³/mol. The molecule has 0 aliphatic rings. The second-order valence-electron chi connectivity index (χ2n) is 5.47. The van der Waals surface area contributed by atoms with Gasteiger partial charge in [-0.1, -0.05) is 0 Å². The molecule has 0 atom stereocenters. The molecule has 0 heterocycles. The van der Waals surface area contributed by atoms with Crippen molar-refractivity contribution in [2.45, 2.75) is 12.8 Å². The van der Waals surface area contributed by atoms with Crippen LogP contribution in [-0.2, 0) is 0 Å². The van der Waals surface area contributed by atoms with Crippen molar-refractivity contribution in [3.8, 4) is 17.2 Å². The van der Waals surface area contributed by atoms with Crippen LogP contribution in [-0.4, -0.2) is 33.3 Å². The van der Waals surface area contributed by atoms with E-state index in [9.17, 15) is 4.39 Å². The molecule has 0 bridgehead atoms. The summed E-state index contributed by atoms with van der Waals surface area (Å²) in [5.41, 5.74) is 6.65. The standard InChI is InChI=1S/C19H24FN3O3/c1-24-17-10-7-15(13-18(17)25-2)23-19(21)22-11-3-4-12-26-16-8-5-14(20)6-9-16/h5-10,13H,3-4,11-12H2,1-2H3,(H3,21,22,23). The van der Waals surface area contributed by atoms with Gasteiger partial charge in [0.15, 0.2) is 17.5 Å². The average molecular weight is 361 g/mol. The van der Waals surface area contributed by atoms with Gasteiger partial charge in [0.05, 0.1) is 20.8 Å². The zero-order chi connectivity index (χ0) is 18.8. The number of nitrogens with zero attached hydrogens (tertiary/aromatic N) is 1. The number of guanidine groups is 1. The van der Waals surface area contributed by atoms with E-state index in [1.807, 2.05) is 6.07 Å². The van der Waals surface area contributed by atoms with Gasteiger partial charge < -0.3 is 25.3 Å². The Morgan fingerprint density at radius 3 is 2.46 bits per heavy atom. The van der Waals surface area contributed by atoms with Gasteiger partial charge >= 0.3 is 0 Å². The summed E-state index contributed by atoms with van der Waals surface area (Å²) in [4.78, 5) is 4.28. The van der Waals surface area contributed by atoms with Crippen LogP contribution in [0.2, 0.25) is 0 Å². The van der Waals surface area contributed by atoms with Gasteiger partial charge in [0.2, 0.25) is 0 Å². The van der Waals surface area contributed by atoms with Crippen LogP contribution in [0.4, 0.5) is 10.1 Å². The van der Waals surface area contributed by atoms with Crippen molar-refractivity contribution in [3.05, 3.63) is 48.3 Å². The first-order valence-corrected chi connectivity index (χ1v) is 8.29. The fraction of sp³-hybridized carbons (Fsp3) is 0.316. The van der Waals surface area contributed by atoms with E-state index in [0.29, 0.717) is 36.4 Å². The van der Waals surface area contributed by atoms with E-state index in [-0.39, 0.29) is 5.82 Å². The van der Waals surface area contributed by atoms with Gasteiger partial charge in [0.25, 0.3) is 0 Å². The van der Waals surface area contributed by atoms with Gasteiger partial charge in [-0.2, -0.15) is 0 Å². The highest BCUT2D eigenvalue weighted by Crippen LogP contribution is 2.29. The highest BCUT2D eigenvalue weighted by Gasteiger charge is 2.05. The van der Waals surface area contributed by atoms with Crippen molar-refractivity contribution >= 4 is 11.6 Å². The molecular formula is C19H24FN3O3. The lowest BCUT2D eigenvalue weighted by atomic mass is 10.3. The van der Waals surface area contributed by atoms with Crippen LogP contribution in [0, 0.1) is 5.82 Å². The average Bonchev–Trinajstić information content (AvgIpc) is 2.65.